The second kappa shape index (κ2) is 13.6. The van der Waals surface area contributed by atoms with Gasteiger partial charge in [0.05, 0.1) is 28.2 Å². The molecule has 266 valence electrons. The highest BCUT2D eigenvalue weighted by Crippen LogP contribution is 2.45. The van der Waals surface area contributed by atoms with E-state index in [0.29, 0.717) is 11.4 Å². The first kappa shape index (κ1) is 34.7. The monoisotopic (exact) mass is 704 g/mol. The maximum absolute atomic E-state index is 12.2. The van der Waals surface area contributed by atoms with Gasteiger partial charge in [0.2, 0.25) is 0 Å². The Morgan fingerprint density at radius 1 is 0.519 bits per heavy atom. The number of fused-ring (bicyclic) bond motifs is 1. The van der Waals surface area contributed by atoms with Crippen LogP contribution in [0.25, 0.3) is 72.9 Å². The molecule has 3 heterocycles. The van der Waals surface area contributed by atoms with E-state index in [2.05, 4.69) is 161 Å². The van der Waals surface area contributed by atoms with Gasteiger partial charge in [-0.05, 0) is 69.5 Å². The van der Waals surface area contributed by atoms with Crippen molar-refractivity contribution in [2.45, 2.75) is 52.4 Å². The van der Waals surface area contributed by atoms with Crippen LogP contribution in [0.2, 0.25) is 0 Å². The molecule has 8 rings (SSSR count). The third-order valence-electron chi connectivity index (χ3n) is 10.1. The van der Waals surface area contributed by atoms with Crippen LogP contribution in [0.4, 0.5) is 0 Å². The first-order chi connectivity index (χ1) is 26.0. The molecule has 0 bridgehead atoms. The Kier molecular flexibility index (Phi) is 8.74. The SMILES string of the molecule is CC(C)(C)c1cc(-c2nc3c(-c4cccc(-c5cc(-c6ccccc6)ccn5)c4)nccc3n2-c2ccccc2-c2ccccc2)c(O)c(C(C)(C)C)c1. The molecule has 8 aromatic rings. The average molecular weight is 705 g/mol. The number of nitrogens with zero attached hydrogens (tertiary/aromatic N) is 4. The molecule has 0 aliphatic rings. The van der Waals surface area contributed by atoms with Crippen LogP contribution in [0.5, 0.6) is 5.75 Å². The summed E-state index contributed by atoms with van der Waals surface area (Å²) < 4.78 is 2.20. The third-order valence-corrected chi connectivity index (χ3v) is 10.1. The maximum atomic E-state index is 12.2. The van der Waals surface area contributed by atoms with Crippen molar-refractivity contribution in [1.82, 2.24) is 19.5 Å². The molecule has 0 fully saturated rings. The van der Waals surface area contributed by atoms with E-state index in [1.54, 1.807) is 0 Å². The topological polar surface area (TPSA) is 63.8 Å². The third kappa shape index (κ3) is 6.47. The number of imidazole rings is 1. The summed E-state index contributed by atoms with van der Waals surface area (Å²) in [4.78, 5) is 15.2. The molecule has 0 saturated heterocycles. The van der Waals surface area contributed by atoms with Crippen LogP contribution in [0.3, 0.4) is 0 Å². The largest absolute Gasteiger partial charge is 0.507 e. The van der Waals surface area contributed by atoms with Gasteiger partial charge >= 0.3 is 0 Å². The van der Waals surface area contributed by atoms with Crippen molar-refractivity contribution in [3.63, 3.8) is 0 Å². The van der Waals surface area contributed by atoms with Crippen molar-refractivity contribution in [3.8, 4) is 67.6 Å². The molecular weight excluding hydrogens is 661 g/mol. The molecule has 0 spiro atoms. The lowest BCUT2D eigenvalue weighted by molar-refractivity contribution is 0.446. The average Bonchev–Trinajstić information content (AvgIpc) is 3.57. The van der Waals surface area contributed by atoms with Crippen LogP contribution < -0.4 is 0 Å². The molecule has 1 N–H and O–H groups in total. The second-order valence-electron chi connectivity index (χ2n) is 16.0. The standard InChI is InChI=1S/C49H44N4O/c1-48(2,3)37-30-39(46(54)40(31-37)49(4,5)6)47-52-45-43(53(47)42-23-14-13-22-38(42)33-18-11-8-12-19-33)25-27-51-44(45)36-21-15-20-35(28-36)41-29-34(24-26-50-41)32-16-9-7-10-17-32/h7-31,54H,1-6H3. The fraction of sp³-hybridized carbons (Fsp3) is 0.163. The zero-order chi connectivity index (χ0) is 37.6. The summed E-state index contributed by atoms with van der Waals surface area (Å²) >= 11 is 0. The summed E-state index contributed by atoms with van der Waals surface area (Å²) in [6, 6.07) is 48.0. The molecule has 3 aromatic heterocycles. The van der Waals surface area contributed by atoms with Gasteiger partial charge < -0.3 is 5.11 Å². The van der Waals surface area contributed by atoms with Crippen LogP contribution in [-0.2, 0) is 10.8 Å². The Labute approximate surface area is 317 Å². The smallest absolute Gasteiger partial charge is 0.149 e. The number of benzene rings is 5. The fourth-order valence-electron chi connectivity index (χ4n) is 7.20. The van der Waals surface area contributed by atoms with Crippen LogP contribution in [0, 0.1) is 0 Å². The van der Waals surface area contributed by atoms with Crippen molar-refractivity contribution in [2.75, 3.05) is 0 Å². The lowest BCUT2D eigenvalue weighted by atomic mass is 9.79. The van der Waals surface area contributed by atoms with E-state index in [4.69, 9.17) is 15.0 Å². The fourth-order valence-corrected chi connectivity index (χ4v) is 7.20. The van der Waals surface area contributed by atoms with Crippen molar-refractivity contribution >= 4 is 11.0 Å². The number of phenolic OH excluding ortho intramolecular Hbond substituents is 1. The van der Waals surface area contributed by atoms with Crippen molar-refractivity contribution in [1.29, 1.82) is 0 Å². The van der Waals surface area contributed by atoms with E-state index in [-0.39, 0.29) is 16.6 Å². The van der Waals surface area contributed by atoms with Gasteiger partial charge in [-0.1, -0.05) is 145 Å². The molecule has 0 aliphatic carbocycles. The maximum Gasteiger partial charge on any atom is 0.149 e. The molecule has 0 atom stereocenters. The summed E-state index contributed by atoms with van der Waals surface area (Å²) in [7, 11) is 0. The van der Waals surface area contributed by atoms with Gasteiger partial charge in [0, 0.05) is 34.6 Å². The summed E-state index contributed by atoms with van der Waals surface area (Å²) in [5.74, 6) is 0.898. The molecule has 0 aliphatic heterocycles. The number of para-hydroxylation sites is 1. The minimum Gasteiger partial charge on any atom is -0.507 e. The number of phenols is 1. The predicted molar refractivity (Wildman–Crippen MR) is 223 cm³/mol. The Morgan fingerprint density at radius 3 is 1.89 bits per heavy atom. The Morgan fingerprint density at radius 2 is 1.17 bits per heavy atom. The Hall–Kier alpha value is -6.33. The number of rotatable bonds is 6. The summed E-state index contributed by atoms with van der Waals surface area (Å²) in [5.41, 5.74) is 12.8. The molecule has 0 amide bonds. The number of hydrogen-bond acceptors (Lipinski definition) is 4. The number of aromatic hydroxyl groups is 1. The normalized spacial score (nSPS) is 12.0. The lowest BCUT2D eigenvalue weighted by Gasteiger charge is -2.27. The summed E-state index contributed by atoms with van der Waals surface area (Å²) in [6.07, 6.45) is 3.73. The summed E-state index contributed by atoms with van der Waals surface area (Å²) in [5, 5.41) is 12.2. The summed E-state index contributed by atoms with van der Waals surface area (Å²) in [6.45, 7) is 13.1. The molecule has 5 heteroatoms. The predicted octanol–water partition coefficient (Wildman–Crippen LogP) is 12.5. The van der Waals surface area contributed by atoms with Crippen molar-refractivity contribution in [3.05, 3.63) is 163 Å². The molecule has 5 aromatic carbocycles. The van der Waals surface area contributed by atoms with E-state index >= 15 is 0 Å². The van der Waals surface area contributed by atoms with Gasteiger partial charge in [-0.25, -0.2) is 4.98 Å². The zero-order valence-electron chi connectivity index (χ0n) is 31.7. The first-order valence-corrected chi connectivity index (χ1v) is 18.5. The highest BCUT2D eigenvalue weighted by molar-refractivity contribution is 5.96. The Bertz CT molecular complexity index is 2630. The van der Waals surface area contributed by atoms with Gasteiger partial charge in [-0.2, -0.15) is 0 Å². The molecular formula is C49H44N4O. The van der Waals surface area contributed by atoms with Crippen LogP contribution in [-0.4, -0.2) is 24.6 Å². The molecule has 5 nitrogen and oxygen atoms in total. The van der Waals surface area contributed by atoms with Gasteiger partial charge in [0.1, 0.15) is 17.1 Å². The molecule has 54 heavy (non-hydrogen) atoms. The highest BCUT2D eigenvalue weighted by atomic mass is 16.3. The number of hydrogen-bond donors (Lipinski definition) is 1. The van der Waals surface area contributed by atoms with Gasteiger partial charge in [0.15, 0.2) is 0 Å². The van der Waals surface area contributed by atoms with E-state index in [1.807, 2.05) is 36.7 Å². The second-order valence-corrected chi connectivity index (χ2v) is 16.0. The minimum absolute atomic E-state index is 0.166. The lowest BCUT2D eigenvalue weighted by Crippen LogP contribution is -2.17. The minimum atomic E-state index is -0.308. The molecule has 0 radical (unpaired) electrons. The Balaban J connectivity index is 1.39. The van der Waals surface area contributed by atoms with Gasteiger partial charge in [-0.15, -0.1) is 0 Å². The quantitative estimate of drug-likeness (QED) is 0.187. The van der Waals surface area contributed by atoms with Crippen LogP contribution in [0.1, 0.15) is 52.7 Å². The van der Waals surface area contributed by atoms with E-state index in [1.165, 1.54) is 0 Å². The van der Waals surface area contributed by atoms with Gasteiger partial charge in [0.25, 0.3) is 0 Å². The van der Waals surface area contributed by atoms with Crippen molar-refractivity contribution < 1.29 is 5.11 Å². The molecule has 0 saturated carbocycles. The first-order valence-electron chi connectivity index (χ1n) is 18.5. The number of aromatic nitrogens is 4. The number of pyridine rings is 2. The highest BCUT2D eigenvalue weighted by Gasteiger charge is 2.29. The molecule has 0 unspecified atom stereocenters. The van der Waals surface area contributed by atoms with Gasteiger partial charge in [-0.3, -0.25) is 14.5 Å². The van der Waals surface area contributed by atoms with E-state index in [0.717, 1.165) is 72.6 Å². The zero-order valence-corrected chi connectivity index (χ0v) is 31.7. The van der Waals surface area contributed by atoms with Crippen molar-refractivity contribution in [2.24, 2.45) is 0 Å². The van der Waals surface area contributed by atoms with E-state index < -0.39 is 0 Å². The van der Waals surface area contributed by atoms with Crippen LogP contribution >= 0.6 is 0 Å². The van der Waals surface area contributed by atoms with E-state index in [9.17, 15) is 5.11 Å². The van der Waals surface area contributed by atoms with Crippen LogP contribution in [0.15, 0.2) is 152 Å².